The average molecular weight is 842 g/mol. The van der Waals surface area contributed by atoms with Gasteiger partial charge in [0.25, 0.3) is 0 Å². The molecule has 2 aliphatic rings. The van der Waals surface area contributed by atoms with Crippen LogP contribution in [0.3, 0.4) is 0 Å². The summed E-state index contributed by atoms with van der Waals surface area (Å²) in [5.41, 5.74) is 13.6. The molecular weight excluding hydrogens is 801 g/mol. The van der Waals surface area contributed by atoms with Crippen molar-refractivity contribution in [2.45, 2.75) is 75.1 Å². The number of hydrogen-bond acceptors (Lipinski definition) is 0. The van der Waals surface area contributed by atoms with Gasteiger partial charge in [0.05, 0.1) is 0 Å². The molecule has 0 atom stereocenters. The summed E-state index contributed by atoms with van der Waals surface area (Å²) in [4.78, 5) is 0. The molecule has 0 aromatic heterocycles. The van der Waals surface area contributed by atoms with Gasteiger partial charge in [-0.1, -0.05) is 84.6 Å². The van der Waals surface area contributed by atoms with Crippen molar-refractivity contribution in [3.05, 3.63) is 118 Å². The second-order valence-corrected chi connectivity index (χ2v) is 15.3. The fraction of sp³-hybridized carbons (Fsp3) is 0.333. The fourth-order valence-electron chi connectivity index (χ4n) is 5.19. The van der Waals surface area contributed by atoms with Crippen LogP contribution in [0, 0.1) is 26.0 Å². The second kappa shape index (κ2) is 19.3. The van der Waals surface area contributed by atoms with Crippen LogP contribution >= 0.6 is 0 Å². The van der Waals surface area contributed by atoms with Crippen LogP contribution in [0.1, 0.15) is 72.9 Å². The summed E-state index contributed by atoms with van der Waals surface area (Å²) >= 11 is -0.00469. The molecule has 4 heteroatoms. The molecule has 0 nitrogen and oxygen atoms in total. The molecule has 4 aromatic rings. The Kier molecular flexibility index (Phi) is 18.0. The van der Waals surface area contributed by atoms with Gasteiger partial charge in [0, 0.05) is 0 Å². The number of hydrogen-bond donors (Lipinski definition) is 0. The maximum atomic E-state index is 3.43. The second-order valence-electron chi connectivity index (χ2n) is 10.3. The molecule has 0 heterocycles. The molecule has 0 saturated heterocycles. The molecule has 4 aromatic carbocycles. The van der Waals surface area contributed by atoms with Gasteiger partial charge in [-0.25, -0.2) is 0 Å². The molecular formula is C36H41Cl2HfSn. The van der Waals surface area contributed by atoms with Gasteiger partial charge < -0.3 is 24.8 Å². The molecule has 0 unspecified atom stereocenters. The molecule has 0 saturated carbocycles. The van der Waals surface area contributed by atoms with Gasteiger partial charge in [-0.3, -0.25) is 0 Å². The number of fused-ring (bicyclic) bond motifs is 6. The van der Waals surface area contributed by atoms with E-state index in [0.29, 0.717) is 0 Å². The van der Waals surface area contributed by atoms with Crippen molar-refractivity contribution in [3.8, 4) is 22.3 Å². The zero-order valence-corrected chi connectivity index (χ0v) is 32.8. The van der Waals surface area contributed by atoms with Crippen molar-refractivity contribution in [2.75, 3.05) is 0 Å². The van der Waals surface area contributed by atoms with Crippen LogP contribution in [0.15, 0.2) is 72.8 Å². The molecule has 0 N–H and O–H groups in total. The van der Waals surface area contributed by atoms with Crippen LogP contribution in [0.25, 0.3) is 22.3 Å². The van der Waals surface area contributed by atoms with E-state index >= 15 is 0 Å². The average Bonchev–Trinajstić information content (AvgIpc) is 3.46. The molecule has 0 fully saturated rings. The van der Waals surface area contributed by atoms with E-state index in [1.54, 1.807) is 8.87 Å². The third-order valence-electron chi connectivity index (χ3n) is 7.22. The number of unbranched alkanes of at least 4 members (excludes halogenated alkanes) is 2. The Morgan fingerprint density at radius 2 is 0.975 bits per heavy atom. The summed E-state index contributed by atoms with van der Waals surface area (Å²) in [6.45, 7) is 8.79. The molecule has 2 aliphatic carbocycles. The predicted molar refractivity (Wildman–Crippen MR) is 163 cm³/mol. The third kappa shape index (κ3) is 10.1. The van der Waals surface area contributed by atoms with Gasteiger partial charge in [-0.15, -0.1) is 22.3 Å². The number of aryl methyl sites for hydroxylation is 2. The van der Waals surface area contributed by atoms with Crippen LogP contribution in [0.5, 0.6) is 0 Å². The Morgan fingerprint density at radius 3 is 1.38 bits per heavy atom. The Morgan fingerprint density at radius 1 is 0.575 bits per heavy atom. The zero-order chi connectivity index (χ0) is 26.0. The summed E-state index contributed by atoms with van der Waals surface area (Å²) in [6, 6.07) is 32.8. The van der Waals surface area contributed by atoms with E-state index in [1.165, 1.54) is 81.3 Å². The first kappa shape index (κ1) is 37.2. The minimum Gasteiger partial charge on any atom is -1.00 e. The van der Waals surface area contributed by atoms with E-state index in [9.17, 15) is 0 Å². The first-order valence-corrected chi connectivity index (χ1v) is 18.8. The van der Waals surface area contributed by atoms with Crippen molar-refractivity contribution in [3.63, 3.8) is 0 Å². The van der Waals surface area contributed by atoms with Crippen LogP contribution in [-0.2, 0) is 38.7 Å². The van der Waals surface area contributed by atoms with Crippen LogP contribution in [-0.4, -0.2) is 21.1 Å². The molecule has 0 spiro atoms. The molecule has 6 rings (SSSR count). The van der Waals surface area contributed by atoms with E-state index < -0.39 is 0 Å². The van der Waals surface area contributed by atoms with Gasteiger partial charge in [-0.2, -0.15) is 47.5 Å². The molecule has 0 bridgehead atoms. The predicted octanol–water partition coefficient (Wildman–Crippen LogP) is 3.60. The fourth-order valence-corrected chi connectivity index (χ4v) is 9.99. The SMILES string of the molecule is CCC[CH2][SnH][CH2]CCC.Cc1[c-]c2c(cc1)-c1ccccc1C2.Cc1[c-]c2c(cc1)-c1ccccc1C2.[Cl-].[Cl-].[Hf+4]. The minimum atomic E-state index is -0.00469. The first-order chi connectivity index (χ1) is 18.1. The molecule has 0 aliphatic heterocycles. The van der Waals surface area contributed by atoms with Crippen LogP contribution in [0.4, 0.5) is 0 Å². The summed E-state index contributed by atoms with van der Waals surface area (Å²) < 4.78 is 3.29. The maximum absolute atomic E-state index is 3.43. The van der Waals surface area contributed by atoms with Crippen molar-refractivity contribution in [1.29, 1.82) is 0 Å². The van der Waals surface area contributed by atoms with Crippen molar-refractivity contribution in [2.24, 2.45) is 0 Å². The van der Waals surface area contributed by atoms with E-state index in [0.717, 1.165) is 12.8 Å². The van der Waals surface area contributed by atoms with Crippen LogP contribution in [0.2, 0.25) is 8.87 Å². The Balaban J connectivity index is 0.000000298. The van der Waals surface area contributed by atoms with E-state index in [1.807, 2.05) is 0 Å². The minimum absolute atomic E-state index is 0. The molecule has 0 amide bonds. The standard InChI is InChI=1S/2C14H11.2C4H9.2ClH.Hf.Sn.H/c2*1-10-6-7-14-12(8-10)9-11-4-2-3-5-13(11)14;2*1-3-4-2;;;;;/h2*2-7H,9H2,1H3;2*1,3-4H2,2H3;2*1H;;;/q2*-1;;;;;+4;;/p-2. The van der Waals surface area contributed by atoms with Crippen molar-refractivity contribution in [1.82, 2.24) is 0 Å². The summed E-state index contributed by atoms with van der Waals surface area (Å²) in [5.74, 6) is 0. The first-order valence-electron chi connectivity index (χ1n) is 14.1. The normalized spacial score (nSPS) is 10.9. The Hall–Kier alpha value is -0.871. The van der Waals surface area contributed by atoms with Gasteiger partial charge in [0.1, 0.15) is 0 Å². The zero-order valence-electron chi connectivity index (χ0n) is 24.4. The quantitative estimate of drug-likeness (QED) is 0.137. The third-order valence-corrected chi connectivity index (χ3v) is 11.9. The topological polar surface area (TPSA) is 0 Å². The molecule has 40 heavy (non-hydrogen) atoms. The molecule has 1 radical (unpaired) electrons. The Bertz CT molecular complexity index is 1220. The summed E-state index contributed by atoms with van der Waals surface area (Å²) in [6.07, 6.45) is 7.96. The van der Waals surface area contributed by atoms with E-state index in [-0.39, 0.29) is 71.8 Å². The summed E-state index contributed by atoms with van der Waals surface area (Å²) in [5, 5.41) is 0. The molecule has 207 valence electrons. The smallest absolute Gasteiger partial charge is 1.00 e. The Labute approximate surface area is 285 Å². The van der Waals surface area contributed by atoms with Gasteiger partial charge >= 0.3 is 95.4 Å². The van der Waals surface area contributed by atoms with E-state index in [4.69, 9.17) is 0 Å². The van der Waals surface area contributed by atoms with Gasteiger partial charge in [-0.05, 0) is 12.8 Å². The van der Waals surface area contributed by atoms with Crippen molar-refractivity contribution < 1.29 is 50.7 Å². The van der Waals surface area contributed by atoms with Crippen molar-refractivity contribution >= 4 is 21.1 Å². The monoisotopic (exact) mass is 843 g/mol. The van der Waals surface area contributed by atoms with Gasteiger partial charge in [0.15, 0.2) is 0 Å². The largest absolute Gasteiger partial charge is 4.00 e. The number of rotatable bonds is 6. The summed E-state index contributed by atoms with van der Waals surface area (Å²) in [7, 11) is 0. The maximum Gasteiger partial charge on any atom is 4.00 e. The van der Waals surface area contributed by atoms with Gasteiger partial charge in [0.2, 0.25) is 0 Å². The number of halogens is 2. The van der Waals surface area contributed by atoms with E-state index in [2.05, 4.69) is 113 Å². The number of benzene rings is 4. The van der Waals surface area contributed by atoms with Crippen LogP contribution < -0.4 is 24.8 Å².